The molecule has 1 amide bonds. The van der Waals surface area contributed by atoms with Crippen LogP contribution in [0.15, 0.2) is 72.8 Å². The van der Waals surface area contributed by atoms with Crippen LogP contribution in [0.5, 0.6) is 0 Å². The molecule has 1 unspecified atom stereocenters. The highest BCUT2D eigenvalue weighted by Gasteiger charge is 2.40. The number of nitrogens with zero attached hydrogens (tertiary/aromatic N) is 2. The highest BCUT2D eigenvalue weighted by Crippen LogP contribution is 2.40. The van der Waals surface area contributed by atoms with Gasteiger partial charge in [0.1, 0.15) is 0 Å². The highest BCUT2D eigenvalue weighted by atomic mass is 16.3. The zero-order valence-electron chi connectivity index (χ0n) is 22.1. The maximum absolute atomic E-state index is 13.4. The van der Waals surface area contributed by atoms with E-state index in [9.17, 15) is 9.90 Å². The minimum atomic E-state index is -0.168. The Morgan fingerprint density at radius 2 is 1.74 bits per heavy atom. The number of piperidine rings is 1. The normalized spacial score (nSPS) is 21.7. The summed E-state index contributed by atoms with van der Waals surface area (Å²) in [7, 11) is 0. The van der Waals surface area contributed by atoms with Gasteiger partial charge in [0, 0.05) is 34.3 Å². The molecule has 2 aliphatic heterocycles. The molecular formula is C32H36N4O2. The third-order valence-corrected chi connectivity index (χ3v) is 8.19. The van der Waals surface area contributed by atoms with Crippen molar-refractivity contribution in [2.75, 3.05) is 4.90 Å². The Kier molecular flexibility index (Phi) is 6.66. The van der Waals surface area contributed by atoms with Crippen LogP contribution in [-0.2, 0) is 0 Å². The number of H-pyrrole nitrogens is 1. The molecule has 4 atom stereocenters. The fourth-order valence-electron chi connectivity index (χ4n) is 6.41. The van der Waals surface area contributed by atoms with Crippen LogP contribution in [0.4, 0.5) is 5.69 Å². The van der Waals surface area contributed by atoms with E-state index in [-0.39, 0.29) is 18.1 Å². The van der Waals surface area contributed by atoms with Gasteiger partial charge in [0.15, 0.2) is 0 Å². The average molecular weight is 509 g/mol. The largest absolute Gasteiger partial charge is 0.393 e. The third-order valence-electron chi connectivity index (χ3n) is 8.19. The molecule has 2 bridgehead atoms. The molecule has 1 aromatic heterocycles. The number of aliphatic hydroxyl groups is 1. The maximum atomic E-state index is 13.4. The average Bonchev–Trinajstić information content (AvgIpc) is 3.46. The van der Waals surface area contributed by atoms with Crippen LogP contribution in [-0.4, -0.2) is 39.4 Å². The number of rotatable bonds is 7. The van der Waals surface area contributed by atoms with Crippen LogP contribution in [0.1, 0.15) is 67.9 Å². The second kappa shape index (κ2) is 10.3. The van der Waals surface area contributed by atoms with Gasteiger partial charge in [0.2, 0.25) is 0 Å². The van der Waals surface area contributed by atoms with Gasteiger partial charge < -0.3 is 15.3 Å². The number of aromatic nitrogens is 2. The molecule has 4 aromatic rings. The summed E-state index contributed by atoms with van der Waals surface area (Å²) in [5, 5.41) is 22.1. The van der Waals surface area contributed by atoms with E-state index in [0.29, 0.717) is 23.6 Å². The predicted molar refractivity (Wildman–Crippen MR) is 152 cm³/mol. The summed E-state index contributed by atoms with van der Waals surface area (Å²) >= 11 is 0. The summed E-state index contributed by atoms with van der Waals surface area (Å²) in [6.07, 6.45) is 4.73. The molecule has 2 saturated heterocycles. The molecule has 3 heterocycles. The Bertz CT molecular complexity index is 1400. The maximum Gasteiger partial charge on any atom is 0.251 e. The van der Waals surface area contributed by atoms with Crippen molar-refractivity contribution in [3.8, 4) is 11.3 Å². The van der Waals surface area contributed by atoms with E-state index in [1.54, 1.807) is 0 Å². The van der Waals surface area contributed by atoms with Crippen molar-refractivity contribution in [3.63, 3.8) is 0 Å². The number of fused-ring (bicyclic) bond motifs is 3. The molecule has 6 heteroatoms. The molecule has 196 valence electrons. The molecule has 3 N–H and O–H groups in total. The number of nitrogens with one attached hydrogen (secondary N) is 2. The topological polar surface area (TPSA) is 81.2 Å². The van der Waals surface area contributed by atoms with Gasteiger partial charge in [-0.2, -0.15) is 5.10 Å². The Balaban J connectivity index is 1.24. The number of carbonyl (C=O) groups is 1. The summed E-state index contributed by atoms with van der Waals surface area (Å²) in [5.41, 5.74) is 5.74. The molecule has 6 nitrogen and oxygen atoms in total. The van der Waals surface area contributed by atoms with Crippen LogP contribution in [0.3, 0.4) is 0 Å². The lowest BCUT2D eigenvalue weighted by molar-refractivity contribution is 0.0932. The number of carbonyl (C=O) groups excluding carboxylic acids is 1. The SMILES string of the molecule is CC(C)C[C@H](NC(=O)c1ccc2[nH]nc(-c3ccc(N4[C@@H]5CC[C@H]4CC(O)C5)cc3)c2c1)c1ccccc1. The Hall–Kier alpha value is -3.64. The monoisotopic (exact) mass is 508 g/mol. The van der Waals surface area contributed by atoms with Crippen molar-refractivity contribution in [3.05, 3.63) is 83.9 Å². The number of aromatic amines is 1. The quantitative estimate of drug-likeness (QED) is 0.276. The van der Waals surface area contributed by atoms with Gasteiger partial charge in [-0.05, 0) is 73.9 Å². The van der Waals surface area contributed by atoms with E-state index in [4.69, 9.17) is 0 Å². The first-order valence-electron chi connectivity index (χ1n) is 13.9. The molecule has 6 rings (SSSR count). The van der Waals surface area contributed by atoms with Crippen LogP contribution in [0.2, 0.25) is 0 Å². The summed E-state index contributed by atoms with van der Waals surface area (Å²) < 4.78 is 0. The number of aliphatic hydroxyl groups excluding tert-OH is 1. The second-order valence-corrected chi connectivity index (χ2v) is 11.4. The van der Waals surface area contributed by atoms with E-state index < -0.39 is 0 Å². The van der Waals surface area contributed by atoms with Gasteiger partial charge in [-0.1, -0.05) is 56.3 Å². The van der Waals surface area contributed by atoms with Gasteiger partial charge in [-0.15, -0.1) is 0 Å². The zero-order chi connectivity index (χ0) is 26.2. The lowest BCUT2D eigenvalue weighted by Crippen LogP contribution is -2.44. The summed E-state index contributed by atoms with van der Waals surface area (Å²) in [6.45, 7) is 4.35. The molecule has 2 fully saturated rings. The van der Waals surface area contributed by atoms with Crippen LogP contribution in [0, 0.1) is 5.92 Å². The van der Waals surface area contributed by atoms with Gasteiger partial charge in [0.25, 0.3) is 5.91 Å². The standard InChI is InChI=1S/C32H36N4O2/c1-20(2)16-30(21-6-4-3-5-7-21)33-32(38)23-10-15-29-28(17-23)31(35-34-29)22-8-11-24(12-9-22)36-25-13-14-26(36)19-27(37)18-25/h3-12,15,17,20,25-27,30,37H,13-14,16,18-19H2,1-2H3,(H,33,38)(H,34,35)/t25-,26+,27?,30-/m0/s1. The predicted octanol–water partition coefficient (Wildman–Crippen LogP) is 6.24. The van der Waals surface area contributed by atoms with Crippen molar-refractivity contribution < 1.29 is 9.90 Å². The molecule has 38 heavy (non-hydrogen) atoms. The number of anilines is 1. The first-order chi connectivity index (χ1) is 18.5. The van der Waals surface area contributed by atoms with Gasteiger partial charge in [-0.25, -0.2) is 0 Å². The summed E-state index contributed by atoms with van der Waals surface area (Å²) in [5.74, 6) is 0.378. The van der Waals surface area contributed by atoms with E-state index in [1.165, 1.54) is 5.69 Å². The summed E-state index contributed by atoms with van der Waals surface area (Å²) in [4.78, 5) is 15.9. The first kappa shape index (κ1) is 24.7. The minimum Gasteiger partial charge on any atom is -0.393 e. The molecule has 0 spiro atoms. The fraction of sp³-hybridized carbons (Fsp3) is 0.375. The molecule has 3 aromatic carbocycles. The van der Waals surface area contributed by atoms with Crippen molar-refractivity contribution in [1.29, 1.82) is 0 Å². The zero-order valence-corrected chi connectivity index (χ0v) is 22.1. The highest BCUT2D eigenvalue weighted by molar-refractivity contribution is 6.01. The molecule has 0 aliphatic carbocycles. The van der Waals surface area contributed by atoms with E-state index in [2.05, 4.69) is 70.7 Å². The lowest BCUT2D eigenvalue weighted by atomic mass is 9.96. The van der Waals surface area contributed by atoms with Gasteiger partial charge >= 0.3 is 0 Å². The van der Waals surface area contributed by atoms with Crippen molar-refractivity contribution in [2.24, 2.45) is 5.92 Å². The van der Waals surface area contributed by atoms with E-state index >= 15 is 0 Å². The minimum absolute atomic E-state index is 0.0399. The van der Waals surface area contributed by atoms with Crippen LogP contribution < -0.4 is 10.2 Å². The second-order valence-electron chi connectivity index (χ2n) is 11.4. The smallest absolute Gasteiger partial charge is 0.251 e. The van der Waals surface area contributed by atoms with E-state index in [1.807, 2.05) is 36.4 Å². The van der Waals surface area contributed by atoms with Crippen molar-refractivity contribution >= 4 is 22.5 Å². The Morgan fingerprint density at radius 1 is 1.03 bits per heavy atom. The lowest BCUT2D eigenvalue weighted by Gasteiger charge is -2.39. The van der Waals surface area contributed by atoms with Crippen LogP contribution in [0.25, 0.3) is 22.2 Å². The Morgan fingerprint density at radius 3 is 2.42 bits per heavy atom. The van der Waals surface area contributed by atoms with Gasteiger partial charge in [-0.3, -0.25) is 9.89 Å². The molecule has 0 radical (unpaired) electrons. The fourth-order valence-corrected chi connectivity index (χ4v) is 6.41. The number of amides is 1. The summed E-state index contributed by atoms with van der Waals surface area (Å²) in [6, 6.07) is 25.3. The van der Waals surface area contributed by atoms with Gasteiger partial charge in [0.05, 0.1) is 23.4 Å². The molecule has 2 aliphatic rings. The van der Waals surface area contributed by atoms with Crippen LogP contribution >= 0.6 is 0 Å². The van der Waals surface area contributed by atoms with Crippen molar-refractivity contribution in [2.45, 2.75) is 70.2 Å². The number of hydrogen-bond donors (Lipinski definition) is 3. The number of benzene rings is 3. The molecular weight excluding hydrogens is 472 g/mol. The van der Waals surface area contributed by atoms with E-state index in [0.717, 1.165) is 59.8 Å². The number of hydrogen-bond acceptors (Lipinski definition) is 4. The third kappa shape index (κ3) is 4.81. The first-order valence-corrected chi connectivity index (χ1v) is 13.9. The molecule has 0 saturated carbocycles. The van der Waals surface area contributed by atoms with Crippen molar-refractivity contribution in [1.82, 2.24) is 15.5 Å². The Labute approximate surface area is 224 Å².